The number of rotatable bonds is 73. The lowest BCUT2D eigenvalue weighted by atomic mass is 10.0. The normalized spacial score (nSPS) is 14.0. The van der Waals surface area contributed by atoms with Gasteiger partial charge in [0.25, 0.3) is 7.82 Å². The first-order valence-electron chi connectivity index (χ1n) is 39.4. The Morgan fingerprint density at radius 2 is 0.670 bits per heavy atom. The highest BCUT2D eigenvalue weighted by atomic mass is 31.2. The molecule has 532 valence electrons. The molecule has 3 atom stereocenters. The van der Waals surface area contributed by atoms with Gasteiger partial charge in [-0.25, -0.2) is 0 Å². The number of aliphatic hydroxyl groups excluding tert-OH is 1. The van der Waals surface area contributed by atoms with Crippen molar-refractivity contribution in [2.45, 2.75) is 392 Å². The standard InChI is InChI=1S/C82H153N2O6P/c1-6-8-10-12-14-16-18-20-22-24-26-28-30-32-34-36-38-39-40-41-42-43-44-45-46-48-50-52-54-56-58-60-62-64-66-68-70-72-74-76-82(86)83-80(79-90-91(87,88)89-78-77-84(3,4)5)81(85)75-73-71-69-67-65-63-61-59-57-55-53-51-49-47-37-35-33-31-29-27-25-23-21-19-17-15-13-11-9-7-2/h8,10,14,16,20,22,26,28,32,34,38-39,41-42,80-81,85H,6-7,9,11-13,15,17-19,21,23-25,27,29-31,33,35-37,40,43-79H2,1-5H3,(H-,83,86,87,88)/b10-8-,16-14-,22-20-,28-26-,34-32-,39-38-,42-41-. The van der Waals surface area contributed by atoms with Crippen molar-refractivity contribution in [2.24, 2.45) is 0 Å². The number of hydrogen-bond acceptors (Lipinski definition) is 6. The van der Waals surface area contributed by atoms with E-state index in [-0.39, 0.29) is 19.1 Å². The molecule has 0 aliphatic carbocycles. The number of carbonyl (C=O) groups is 1. The number of hydrogen-bond donors (Lipinski definition) is 2. The summed E-state index contributed by atoms with van der Waals surface area (Å²) in [5.74, 6) is -0.160. The summed E-state index contributed by atoms with van der Waals surface area (Å²) in [6.07, 6.45) is 103. The highest BCUT2D eigenvalue weighted by molar-refractivity contribution is 7.45. The van der Waals surface area contributed by atoms with Crippen LogP contribution in [0, 0.1) is 0 Å². The molecule has 0 radical (unpaired) electrons. The van der Waals surface area contributed by atoms with Gasteiger partial charge in [-0.1, -0.05) is 388 Å². The van der Waals surface area contributed by atoms with Crippen molar-refractivity contribution in [3.8, 4) is 0 Å². The minimum absolute atomic E-state index is 0.0118. The van der Waals surface area contributed by atoms with Gasteiger partial charge in [0.15, 0.2) is 0 Å². The van der Waals surface area contributed by atoms with Gasteiger partial charge >= 0.3 is 0 Å². The van der Waals surface area contributed by atoms with Gasteiger partial charge in [-0.05, 0) is 70.6 Å². The van der Waals surface area contributed by atoms with Gasteiger partial charge in [-0.2, -0.15) is 0 Å². The second-order valence-electron chi connectivity index (χ2n) is 28.0. The molecule has 0 aliphatic rings. The third kappa shape index (κ3) is 74.9. The monoisotopic (exact) mass is 1290 g/mol. The summed E-state index contributed by atoms with van der Waals surface area (Å²) in [5, 5.41) is 14.1. The second-order valence-corrected chi connectivity index (χ2v) is 29.5. The predicted molar refractivity (Wildman–Crippen MR) is 399 cm³/mol. The van der Waals surface area contributed by atoms with Crippen LogP contribution in [0.25, 0.3) is 0 Å². The molecule has 3 unspecified atom stereocenters. The lowest BCUT2D eigenvalue weighted by Crippen LogP contribution is -2.46. The average molecular weight is 1290 g/mol. The fourth-order valence-corrected chi connectivity index (χ4v) is 12.6. The van der Waals surface area contributed by atoms with E-state index in [1.54, 1.807) is 0 Å². The van der Waals surface area contributed by atoms with E-state index >= 15 is 0 Å². The summed E-state index contributed by atoms with van der Waals surface area (Å²) >= 11 is 0. The van der Waals surface area contributed by atoms with E-state index in [1.165, 1.54) is 270 Å². The van der Waals surface area contributed by atoms with Gasteiger partial charge in [-0.15, -0.1) is 0 Å². The summed E-state index contributed by atoms with van der Waals surface area (Å²) in [6.45, 7) is 4.66. The SMILES string of the molecule is CC/C=C\C/C=C\C/C=C\C/C=C\C/C=C\C/C=C\C/C=C\CCCCCCCCCCCCCCCCCCCC(=O)NC(COP(=O)([O-])OCC[N+](C)(C)C)C(O)CCCCCCCCCCCCCCCCCCCCCCCCCCCCCCCC. The van der Waals surface area contributed by atoms with Crippen molar-refractivity contribution in [1.82, 2.24) is 5.32 Å². The summed E-state index contributed by atoms with van der Waals surface area (Å²) in [7, 11) is 1.32. The van der Waals surface area contributed by atoms with Crippen molar-refractivity contribution in [3.63, 3.8) is 0 Å². The topological polar surface area (TPSA) is 108 Å². The van der Waals surface area contributed by atoms with Gasteiger partial charge in [0.05, 0.1) is 39.9 Å². The molecule has 0 spiro atoms. The highest BCUT2D eigenvalue weighted by Crippen LogP contribution is 2.38. The average Bonchev–Trinajstić information content (AvgIpc) is 3.58. The maximum atomic E-state index is 13.1. The number of likely N-dealkylation sites (N-methyl/N-ethyl adjacent to an activating group) is 1. The number of phosphoric ester groups is 1. The molecule has 0 saturated heterocycles. The molecule has 0 bridgehead atoms. The van der Waals surface area contributed by atoms with Crippen molar-refractivity contribution in [1.29, 1.82) is 0 Å². The van der Waals surface area contributed by atoms with Crippen LogP contribution in [0.2, 0.25) is 0 Å². The minimum atomic E-state index is -4.59. The molecule has 1 amide bonds. The first-order chi connectivity index (χ1) is 44.5. The van der Waals surface area contributed by atoms with Gasteiger partial charge in [0, 0.05) is 6.42 Å². The Hall–Kier alpha value is -2.32. The Bertz CT molecular complexity index is 1760. The van der Waals surface area contributed by atoms with Crippen LogP contribution in [0.4, 0.5) is 0 Å². The molecule has 0 aromatic rings. The number of unbranched alkanes of at least 4 members (excludes halogenated alkanes) is 46. The predicted octanol–water partition coefficient (Wildman–Crippen LogP) is 25.2. The van der Waals surface area contributed by atoms with Gasteiger partial charge < -0.3 is 28.8 Å². The Balaban J connectivity index is 3.96. The van der Waals surface area contributed by atoms with Crippen LogP contribution in [-0.2, 0) is 18.4 Å². The molecule has 0 saturated carbocycles. The smallest absolute Gasteiger partial charge is 0.268 e. The first-order valence-corrected chi connectivity index (χ1v) is 40.9. The van der Waals surface area contributed by atoms with Crippen LogP contribution in [0.5, 0.6) is 0 Å². The van der Waals surface area contributed by atoms with E-state index in [1.807, 2.05) is 21.1 Å². The van der Waals surface area contributed by atoms with Crippen molar-refractivity contribution >= 4 is 13.7 Å². The number of nitrogens with one attached hydrogen (secondary N) is 1. The van der Waals surface area contributed by atoms with Gasteiger partial charge in [0.2, 0.25) is 5.91 Å². The fraction of sp³-hybridized carbons (Fsp3) is 0.817. The van der Waals surface area contributed by atoms with Crippen molar-refractivity contribution in [3.05, 3.63) is 85.1 Å². The Kier molecular flexibility index (Phi) is 70.1. The van der Waals surface area contributed by atoms with Crippen molar-refractivity contribution in [2.75, 3.05) is 40.9 Å². The van der Waals surface area contributed by atoms with E-state index in [4.69, 9.17) is 9.05 Å². The third-order valence-corrected chi connectivity index (χ3v) is 18.9. The molecule has 8 nitrogen and oxygen atoms in total. The minimum Gasteiger partial charge on any atom is -0.756 e. The van der Waals surface area contributed by atoms with Crippen LogP contribution in [0.15, 0.2) is 85.1 Å². The van der Waals surface area contributed by atoms with Crippen LogP contribution in [0.3, 0.4) is 0 Å². The number of allylic oxidation sites excluding steroid dienone is 14. The summed E-state index contributed by atoms with van der Waals surface area (Å²) in [4.78, 5) is 25.7. The number of aliphatic hydroxyl groups is 1. The van der Waals surface area contributed by atoms with E-state index in [9.17, 15) is 19.4 Å². The summed E-state index contributed by atoms with van der Waals surface area (Å²) in [5.41, 5.74) is 0. The number of phosphoric acid groups is 1. The second kappa shape index (κ2) is 72.0. The zero-order chi connectivity index (χ0) is 66.2. The maximum Gasteiger partial charge on any atom is 0.268 e. The van der Waals surface area contributed by atoms with Gasteiger partial charge in [-0.3, -0.25) is 9.36 Å². The van der Waals surface area contributed by atoms with E-state index in [2.05, 4.69) is 104 Å². The van der Waals surface area contributed by atoms with Crippen LogP contribution in [-0.4, -0.2) is 68.5 Å². The molecule has 2 N–H and O–H groups in total. The molecular formula is C82H153N2O6P. The Morgan fingerprint density at radius 3 is 0.978 bits per heavy atom. The lowest BCUT2D eigenvalue weighted by molar-refractivity contribution is -0.870. The zero-order valence-electron chi connectivity index (χ0n) is 61.0. The molecule has 9 heteroatoms. The summed E-state index contributed by atoms with van der Waals surface area (Å²) in [6, 6.07) is -0.805. The van der Waals surface area contributed by atoms with Crippen molar-refractivity contribution < 1.29 is 32.9 Å². The largest absolute Gasteiger partial charge is 0.756 e. The molecule has 91 heavy (non-hydrogen) atoms. The molecule has 0 aromatic heterocycles. The van der Waals surface area contributed by atoms with Gasteiger partial charge in [0.1, 0.15) is 13.2 Å². The maximum absolute atomic E-state index is 13.1. The highest BCUT2D eigenvalue weighted by Gasteiger charge is 2.24. The molecular weight excluding hydrogens is 1140 g/mol. The third-order valence-electron chi connectivity index (χ3n) is 17.9. The number of amides is 1. The molecule has 0 aromatic carbocycles. The Morgan fingerprint density at radius 1 is 0.396 bits per heavy atom. The number of quaternary nitrogens is 1. The molecule has 0 fully saturated rings. The van der Waals surface area contributed by atoms with E-state index < -0.39 is 20.0 Å². The zero-order valence-corrected chi connectivity index (χ0v) is 61.9. The van der Waals surface area contributed by atoms with Crippen LogP contribution in [0.1, 0.15) is 380 Å². The fourth-order valence-electron chi connectivity index (χ4n) is 11.9. The molecule has 0 rings (SSSR count). The lowest BCUT2D eigenvalue weighted by Gasteiger charge is -2.30. The number of carbonyl (C=O) groups excluding carboxylic acids is 1. The first kappa shape index (κ1) is 88.7. The number of nitrogens with zero attached hydrogens (tertiary/aromatic N) is 1. The molecule has 0 heterocycles. The Labute approximate surface area is 567 Å². The van der Waals surface area contributed by atoms with Crippen LogP contribution < -0.4 is 10.2 Å². The molecule has 0 aliphatic heterocycles. The summed E-state index contributed by atoms with van der Waals surface area (Å²) < 4.78 is 23.6. The van der Waals surface area contributed by atoms with E-state index in [0.717, 1.165) is 83.5 Å². The van der Waals surface area contributed by atoms with E-state index in [0.29, 0.717) is 23.9 Å². The quantitative estimate of drug-likeness (QED) is 0.0272. The van der Waals surface area contributed by atoms with Crippen LogP contribution >= 0.6 is 7.82 Å².